The summed E-state index contributed by atoms with van der Waals surface area (Å²) in [5.74, 6) is -1.60. The van der Waals surface area contributed by atoms with Crippen LogP contribution in [0.25, 0.3) is 0 Å². The number of carbonyl (C=O) groups excluding carboxylic acids is 1. The van der Waals surface area contributed by atoms with Gasteiger partial charge in [-0.25, -0.2) is 9.48 Å². The lowest BCUT2D eigenvalue weighted by Crippen LogP contribution is -2.46. The first-order valence-corrected chi connectivity index (χ1v) is 6.09. The lowest BCUT2D eigenvalue weighted by atomic mass is 9.99. The Bertz CT molecular complexity index is 445. The fraction of sp³-hybridized carbons (Fsp3) is 0.636. The Morgan fingerprint density at radius 2 is 2.26 bits per heavy atom. The zero-order valence-electron chi connectivity index (χ0n) is 11.0. The number of amides is 1. The topological polar surface area (TPSA) is 123 Å². The van der Waals surface area contributed by atoms with Crippen LogP contribution >= 0.6 is 0 Å². The van der Waals surface area contributed by atoms with Crippen molar-refractivity contribution in [1.82, 2.24) is 20.3 Å². The highest BCUT2D eigenvalue weighted by Gasteiger charge is 2.25. The van der Waals surface area contributed by atoms with Crippen LogP contribution in [-0.2, 0) is 22.7 Å². The van der Waals surface area contributed by atoms with E-state index in [1.807, 2.05) is 6.92 Å². The van der Waals surface area contributed by atoms with E-state index in [2.05, 4.69) is 15.6 Å². The van der Waals surface area contributed by atoms with E-state index in [-0.39, 0.29) is 19.0 Å². The average molecular weight is 269 g/mol. The molecule has 8 heteroatoms. The van der Waals surface area contributed by atoms with Gasteiger partial charge in [-0.2, -0.15) is 0 Å². The number of nitrogens with two attached hydrogens (primary N) is 1. The predicted molar refractivity (Wildman–Crippen MR) is 66.9 cm³/mol. The molecule has 1 amide bonds. The van der Waals surface area contributed by atoms with Gasteiger partial charge in [-0.1, -0.05) is 25.5 Å². The second-order valence-electron chi connectivity index (χ2n) is 4.38. The molecule has 1 rings (SSSR count). The number of aliphatic carboxylic acids is 1. The minimum atomic E-state index is -1.04. The van der Waals surface area contributed by atoms with Gasteiger partial charge in [0, 0.05) is 6.54 Å². The summed E-state index contributed by atoms with van der Waals surface area (Å²) < 4.78 is 1.33. The molecule has 0 unspecified atom stereocenters. The molecule has 0 aliphatic carbocycles. The van der Waals surface area contributed by atoms with E-state index in [1.54, 1.807) is 13.1 Å². The van der Waals surface area contributed by atoms with E-state index >= 15 is 0 Å². The van der Waals surface area contributed by atoms with Crippen LogP contribution in [0.15, 0.2) is 6.20 Å². The van der Waals surface area contributed by atoms with Crippen LogP contribution in [0.3, 0.4) is 0 Å². The van der Waals surface area contributed by atoms with Crippen LogP contribution in [-0.4, -0.2) is 38.0 Å². The van der Waals surface area contributed by atoms with E-state index in [1.165, 1.54) is 4.68 Å². The molecule has 0 spiro atoms. The Labute approximate surface area is 111 Å². The minimum absolute atomic E-state index is 0.0762. The van der Waals surface area contributed by atoms with E-state index < -0.39 is 17.9 Å². The van der Waals surface area contributed by atoms with Gasteiger partial charge in [-0.3, -0.25) is 4.79 Å². The minimum Gasteiger partial charge on any atom is -0.480 e. The highest BCUT2D eigenvalue weighted by Crippen LogP contribution is 2.07. The molecule has 1 aromatic heterocycles. The van der Waals surface area contributed by atoms with Gasteiger partial charge < -0.3 is 16.2 Å². The molecule has 1 aromatic rings. The van der Waals surface area contributed by atoms with E-state index in [0.717, 1.165) is 0 Å². The second kappa shape index (κ2) is 6.83. The lowest BCUT2D eigenvalue weighted by molar-refractivity contribution is -0.143. The quantitative estimate of drug-likeness (QED) is 0.604. The summed E-state index contributed by atoms with van der Waals surface area (Å²) in [5.41, 5.74) is 5.95. The van der Waals surface area contributed by atoms with Crippen molar-refractivity contribution in [2.24, 2.45) is 11.7 Å². The van der Waals surface area contributed by atoms with Gasteiger partial charge in [0.25, 0.3) is 0 Å². The highest BCUT2D eigenvalue weighted by molar-refractivity contribution is 5.83. The Morgan fingerprint density at radius 3 is 2.74 bits per heavy atom. The number of carboxylic acid groups (broad SMARTS) is 1. The Kier molecular flexibility index (Phi) is 5.43. The van der Waals surface area contributed by atoms with E-state index in [4.69, 9.17) is 10.8 Å². The van der Waals surface area contributed by atoms with Crippen molar-refractivity contribution in [3.05, 3.63) is 11.9 Å². The molecule has 0 saturated heterocycles. The van der Waals surface area contributed by atoms with Gasteiger partial charge in [0.2, 0.25) is 5.91 Å². The first kappa shape index (κ1) is 15.1. The molecule has 106 valence electrons. The molecule has 0 fully saturated rings. The summed E-state index contributed by atoms with van der Waals surface area (Å²) in [5, 5.41) is 19.0. The normalized spacial score (nSPS) is 13.8. The number of rotatable bonds is 7. The number of carboxylic acids is 1. The summed E-state index contributed by atoms with van der Waals surface area (Å²) >= 11 is 0. The van der Waals surface area contributed by atoms with E-state index in [9.17, 15) is 9.59 Å². The molecule has 1 heterocycles. The zero-order valence-corrected chi connectivity index (χ0v) is 11.0. The van der Waals surface area contributed by atoms with Crippen LogP contribution in [0.4, 0.5) is 0 Å². The molecule has 0 radical (unpaired) electrons. The molecule has 8 nitrogen and oxygen atoms in total. The predicted octanol–water partition coefficient (Wildman–Crippen LogP) is -0.648. The molecule has 2 atom stereocenters. The number of carbonyl (C=O) groups is 2. The van der Waals surface area contributed by atoms with Gasteiger partial charge in [-0.15, -0.1) is 5.10 Å². The molecular weight excluding hydrogens is 250 g/mol. The number of hydrogen-bond acceptors (Lipinski definition) is 5. The van der Waals surface area contributed by atoms with Crippen molar-refractivity contribution in [2.45, 2.75) is 39.4 Å². The molecule has 0 aliphatic heterocycles. The van der Waals surface area contributed by atoms with Crippen molar-refractivity contribution in [3.8, 4) is 0 Å². The van der Waals surface area contributed by atoms with Gasteiger partial charge in [0.05, 0.1) is 11.9 Å². The fourth-order valence-electron chi connectivity index (χ4n) is 1.56. The standard InChI is InChI=1S/C11H19N5O3/c1-3-7(2)10(11(18)19)13-9(17)6-16-5-8(4-12)14-15-16/h5,7,10H,3-4,6,12H2,1-2H3,(H,13,17)(H,18,19)/t7-,10+/m1/s1. The monoisotopic (exact) mass is 269 g/mol. The summed E-state index contributed by atoms with van der Waals surface area (Å²) in [6.07, 6.45) is 2.22. The molecular formula is C11H19N5O3. The SMILES string of the molecule is CC[C@@H](C)[C@H](NC(=O)Cn1cc(CN)nn1)C(=O)O. The first-order valence-electron chi connectivity index (χ1n) is 6.09. The molecule has 0 aromatic carbocycles. The smallest absolute Gasteiger partial charge is 0.326 e. The molecule has 0 bridgehead atoms. The third kappa shape index (κ3) is 4.32. The number of aromatic nitrogens is 3. The maximum atomic E-state index is 11.8. The zero-order chi connectivity index (χ0) is 14.4. The molecule has 0 saturated carbocycles. The third-order valence-corrected chi connectivity index (χ3v) is 2.90. The second-order valence-corrected chi connectivity index (χ2v) is 4.38. The van der Waals surface area contributed by atoms with Crippen LogP contribution in [0.1, 0.15) is 26.0 Å². The van der Waals surface area contributed by atoms with Crippen molar-refractivity contribution < 1.29 is 14.7 Å². The van der Waals surface area contributed by atoms with E-state index in [0.29, 0.717) is 12.1 Å². The Morgan fingerprint density at radius 1 is 1.58 bits per heavy atom. The van der Waals surface area contributed by atoms with Crippen molar-refractivity contribution >= 4 is 11.9 Å². The maximum Gasteiger partial charge on any atom is 0.326 e. The number of hydrogen-bond donors (Lipinski definition) is 3. The van der Waals surface area contributed by atoms with Crippen LogP contribution in [0.5, 0.6) is 0 Å². The van der Waals surface area contributed by atoms with Gasteiger partial charge >= 0.3 is 5.97 Å². The van der Waals surface area contributed by atoms with Gasteiger partial charge in [0.1, 0.15) is 12.6 Å². The number of nitrogens with zero attached hydrogens (tertiary/aromatic N) is 3. The van der Waals surface area contributed by atoms with Gasteiger partial charge in [-0.05, 0) is 5.92 Å². The Balaban J connectivity index is 2.60. The largest absolute Gasteiger partial charge is 0.480 e. The molecule has 4 N–H and O–H groups in total. The average Bonchev–Trinajstić information content (AvgIpc) is 2.82. The summed E-state index contributed by atoms with van der Waals surface area (Å²) in [7, 11) is 0. The molecule has 0 aliphatic rings. The highest BCUT2D eigenvalue weighted by atomic mass is 16.4. The summed E-state index contributed by atoms with van der Waals surface area (Å²) in [6, 6.07) is -0.894. The van der Waals surface area contributed by atoms with Crippen molar-refractivity contribution in [2.75, 3.05) is 0 Å². The third-order valence-electron chi connectivity index (χ3n) is 2.90. The maximum absolute atomic E-state index is 11.8. The van der Waals surface area contributed by atoms with Crippen LogP contribution in [0.2, 0.25) is 0 Å². The lowest BCUT2D eigenvalue weighted by Gasteiger charge is -2.19. The van der Waals surface area contributed by atoms with Crippen molar-refractivity contribution in [3.63, 3.8) is 0 Å². The van der Waals surface area contributed by atoms with Crippen LogP contribution in [0, 0.1) is 5.92 Å². The van der Waals surface area contributed by atoms with Crippen molar-refractivity contribution in [1.29, 1.82) is 0 Å². The Hall–Kier alpha value is -1.96. The fourth-order valence-corrected chi connectivity index (χ4v) is 1.56. The summed E-state index contributed by atoms with van der Waals surface area (Å²) in [4.78, 5) is 22.8. The molecule has 19 heavy (non-hydrogen) atoms. The summed E-state index contributed by atoms with van der Waals surface area (Å²) in [6.45, 7) is 3.82. The first-order chi connectivity index (χ1) is 8.97. The van der Waals surface area contributed by atoms with Crippen LogP contribution < -0.4 is 11.1 Å². The van der Waals surface area contributed by atoms with Gasteiger partial charge in [0.15, 0.2) is 0 Å². The number of nitrogens with one attached hydrogen (secondary N) is 1.